The van der Waals surface area contributed by atoms with E-state index in [0.717, 1.165) is 26.2 Å². The molecule has 1 heterocycles. The largest absolute Gasteiger partial charge is 1.00 e. The van der Waals surface area contributed by atoms with E-state index >= 15 is 0 Å². The Balaban J connectivity index is 0.000000490. The molecule has 3 heteroatoms. The fraction of sp³-hybridized carbons (Fsp3) is 0.800. The molecule has 0 aliphatic carbocycles. The van der Waals surface area contributed by atoms with Crippen LogP contribution in [0.3, 0.4) is 0 Å². The lowest BCUT2D eigenvalue weighted by molar-refractivity contribution is -0.523. The lowest BCUT2D eigenvalue weighted by Crippen LogP contribution is -3.00. The smallest absolute Gasteiger partial charge is 0.154 e. The van der Waals surface area contributed by atoms with Crippen LogP contribution in [-0.2, 0) is 0 Å². The van der Waals surface area contributed by atoms with Gasteiger partial charge in [0.05, 0.1) is 13.1 Å². The summed E-state index contributed by atoms with van der Waals surface area (Å²) in [4.78, 5) is 0. The molecule has 0 aromatic heterocycles. The molecule has 0 atom stereocenters. The molecule has 0 aromatic carbocycles. The zero-order valence-corrected chi connectivity index (χ0v) is 5.62. The van der Waals surface area contributed by atoms with Crippen molar-refractivity contribution in [3.8, 4) is 0 Å². The first-order valence-electron chi connectivity index (χ1n) is 2.66. The normalized spacial score (nSPS) is 19.8. The zero-order chi connectivity index (χ0) is 5.11. The number of nitrogens with one attached hydrogen (secondary N) is 1. The molecule has 48 valence electrons. The molecule has 0 radical (unpaired) electrons. The summed E-state index contributed by atoms with van der Waals surface area (Å²) in [5.74, 6) is 0. The Labute approximate surface area is 56.0 Å². The van der Waals surface area contributed by atoms with Gasteiger partial charge in [0.15, 0.2) is 13.1 Å². The van der Waals surface area contributed by atoms with Crippen LogP contribution in [0.2, 0.25) is 0 Å². The summed E-state index contributed by atoms with van der Waals surface area (Å²) in [5, 5.41) is 3.23. The Bertz CT molecular complexity index is 74.5. The third kappa shape index (κ3) is 2.28. The molecule has 1 fully saturated rings. The average Bonchev–Trinajstić information content (AvgIpc) is 1.69. The SMILES string of the molecule is C=[N+]1CCNCC1.[Cl-]. The van der Waals surface area contributed by atoms with Crippen LogP contribution in [0.25, 0.3) is 0 Å². The van der Waals surface area contributed by atoms with Crippen molar-refractivity contribution in [3.63, 3.8) is 0 Å². The Morgan fingerprint density at radius 2 is 1.75 bits per heavy atom. The molecule has 1 rings (SSSR count). The van der Waals surface area contributed by atoms with Crippen LogP contribution in [0.5, 0.6) is 0 Å². The van der Waals surface area contributed by atoms with Crippen molar-refractivity contribution >= 4 is 6.72 Å². The molecule has 1 N–H and O–H groups in total. The van der Waals surface area contributed by atoms with E-state index in [1.807, 2.05) is 0 Å². The van der Waals surface area contributed by atoms with Gasteiger partial charge in [0.25, 0.3) is 0 Å². The summed E-state index contributed by atoms with van der Waals surface area (Å²) < 4.78 is 2.08. The molecule has 0 unspecified atom stereocenters. The van der Waals surface area contributed by atoms with Crippen LogP contribution < -0.4 is 17.7 Å². The highest BCUT2D eigenvalue weighted by Gasteiger charge is 2.04. The molecule has 0 bridgehead atoms. The number of hydrogen-bond acceptors (Lipinski definition) is 1. The third-order valence-electron chi connectivity index (χ3n) is 1.21. The molecular weight excluding hydrogens is 124 g/mol. The molecular formula is C5H11ClN2. The summed E-state index contributed by atoms with van der Waals surface area (Å²) in [6.07, 6.45) is 0. The highest BCUT2D eigenvalue weighted by molar-refractivity contribution is 5.14. The van der Waals surface area contributed by atoms with Gasteiger partial charge in [0, 0.05) is 0 Å². The van der Waals surface area contributed by atoms with E-state index in [9.17, 15) is 0 Å². The van der Waals surface area contributed by atoms with Crippen molar-refractivity contribution in [1.29, 1.82) is 0 Å². The molecule has 1 saturated heterocycles. The average molecular weight is 135 g/mol. The van der Waals surface area contributed by atoms with Gasteiger partial charge in [-0.1, -0.05) is 0 Å². The summed E-state index contributed by atoms with van der Waals surface area (Å²) in [6.45, 7) is 8.19. The Morgan fingerprint density at radius 1 is 1.25 bits per heavy atom. The minimum atomic E-state index is 0. The molecule has 8 heavy (non-hydrogen) atoms. The van der Waals surface area contributed by atoms with Crippen molar-refractivity contribution in [2.75, 3.05) is 26.2 Å². The van der Waals surface area contributed by atoms with Crippen molar-refractivity contribution in [1.82, 2.24) is 5.32 Å². The summed E-state index contributed by atoms with van der Waals surface area (Å²) >= 11 is 0. The first-order chi connectivity index (χ1) is 3.39. The summed E-state index contributed by atoms with van der Waals surface area (Å²) in [7, 11) is 0. The van der Waals surface area contributed by atoms with Crippen LogP contribution in [0.15, 0.2) is 0 Å². The van der Waals surface area contributed by atoms with Crippen LogP contribution in [0.4, 0.5) is 0 Å². The zero-order valence-electron chi connectivity index (χ0n) is 4.86. The minimum absolute atomic E-state index is 0. The molecule has 1 aliphatic rings. The lowest BCUT2D eigenvalue weighted by Gasteiger charge is -2.08. The predicted octanol–water partition coefficient (Wildman–Crippen LogP) is -3.69. The van der Waals surface area contributed by atoms with Gasteiger partial charge in [0.1, 0.15) is 6.72 Å². The van der Waals surface area contributed by atoms with E-state index < -0.39 is 0 Å². The predicted molar refractivity (Wildman–Crippen MR) is 30.0 cm³/mol. The lowest BCUT2D eigenvalue weighted by atomic mass is 10.4. The molecule has 0 amide bonds. The monoisotopic (exact) mass is 134 g/mol. The molecule has 1 aliphatic heterocycles. The number of halogens is 1. The van der Waals surface area contributed by atoms with Crippen molar-refractivity contribution in [3.05, 3.63) is 0 Å². The maximum absolute atomic E-state index is 3.79. The number of piperazine rings is 1. The van der Waals surface area contributed by atoms with Crippen LogP contribution in [0, 0.1) is 0 Å². The molecule has 0 saturated carbocycles. The van der Waals surface area contributed by atoms with Crippen molar-refractivity contribution < 1.29 is 17.0 Å². The summed E-state index contributed by atoms with van der Waals surface area (Å²) in [6, 6.07) is 0. The fourth-order valence-corrected chi connectivity index (χ4v) is 0.711. The van der Waals surface area contributed by atoms with E-state index in [1.165, 1.54) is 0 Å². The number of rotatable bonds is 0. The van der Waals surface area contributed by atoms with E-state index in [4.69, 9.17) is 0 Å². The van der Waals surface area contributed by atoms with E-state index in [0.29, 0.717) is 0 Å². The van der Waals surface area contributed by atoms with Gasteiger partial charge < -0.3 is 17.7 Å². The Hall–Kier alpha value is -0.0800. The highest BCUT2D eigenvalue weighted by atomic mass is 35.5. The van der Waals surface area contributed by atoms with Gasteiger partial charge in [-0.2, -0.15) is 0 Å². The molecule has 0 spiro atoms. The first-order valence-corrected chi connectivity index (χ1v) is 2.66. The van der Waals surface area contributed by atoms with Crippen molar-refractivity contribution in [2.45, 2.75) is 0 Å². The summed E-state index contributed by atoms with van der Waals surface area (Å²) in [5.41, 5.74) is 0. The second kappa shape index (κ2) is 3.87. The quantitative estimate of drug-likeness (QED) is 0.337. The van der Waals surface area contributed by atoms with Crippen molar-refractivity contribution in [2.24, 2.45) is 0 Å². The van der Waals surface area contributed by atoms with Crippen LogP contribution >= 0.6 is 0 Å². The number of hydrogen-bond donors (Lipinski definition) is 1. The van der Waals surface area contributed by atoms with Crippen LogP contribution in [0.1, 0.15) is 0 Å². The van der Waals surface area contributed by atoms with E-state index in [1.54, 1.807) is 0 Å². The van der Waals surface area contributed by atoms with Gasteiger partial charge in [-0.25, -0.2) is 4.58 Å². The fourth-order valence-electron chi connectivity index (χ4n) is 0.711. The maximum Gasteiger partial charge on any atom is 0.154 e. The van der Waals surface area contributed by atoms with Crippen LogP contribution in [-0.4, -0.2) is 37.5 Å². The van der Waals surface area contributed by atoms with E-state index in [2.05, 4.69) is 16.6 Å². The second-order valence-electron chi connectivity index (χ2n) is 1.87. The Kier molecular flexibility index (Phi) is 3.83. The first kappa shape index (κ1) is 7.92. The van der Waals surface area contributed by atoms with Gasteiger partial charge in [0.2, 0.25) is 0 Å². The minimum Gasteiger partial charge on any atom is -1.00 e. The van der Waals surface area contributed by atoms with Gasteiger partial charge in [-0.15, -0.1) is 0 Å². The molecule has 0 aromatic rings. The van der Waals surface area contributed by atoms with Gasteiger partial charge >= 0.3 is 0 Å². The highest BCUT2D eigenvalue weighted by Crippen LogP contribution is 1.76. The van der Waals surface area contributed by atoms with Gasteiger partial charge in [-0.05, 0) is 0 Å². The standard InChI is InChI=1S/C5H11N2.ClH/c1-7-4-2-6-3-5-7;/h6H,1-5H2;1H/q+1;/p-1. The third-order valence-corrected chi connectivity index (χ3v) is 1.21. The topological polar surface area (TPSA) is 15.0 Å². The van der Waals surface area contributed by atoms with E-state index in [-0.39, 0.29) is 12.4 Å². The van der Waals surface area contributed by atoms with Gasteiger partial charge in [-0.3, -0.25) is 0 Å². The molecule has 2 nitrogen and oxygen atoms in total. The maximum atomic E-state index is 3.79. The second-order valence-corrected chi connectivity index (χ2v) is 1.87. The Morgan fingerprint density at radius 3 is 2.00 bits per heavy atom. The number of nitrogens with zero attached hydrogens (tertiary/aromatic N) is 1.